The molecule has 0 bridgehead atoms. The van der Waals surface area contributed by atoms with E-state index in [0.29, 0.717) is 5.75 Å². The van der Waals surface area contributed by atoms with E-state index >= 15 is 0 Å². The van der Waals surface area contributed by atoms with Crippen molar-refractivity contribution in [3.8, 4) is 5.75 Å². The fourth-order valence-electron chi connectivity index (χ4n) is 1.80. The van der Waals surface area contributed by atoms with Gasteiger partial charge in [0.05, 0.1) is 11.1 Å². The van der Waals surface area contributed by atoms with E-state index in [9.17, 15) is 18.8 Å². The molecule has 8 nitrogen and oxygen atoms in total. The molecular weight excluding hydrogens is 343 g/mol. The molecule has 10 heteroatoms. The molecule has 0 aliphatic heterocycles. The standard InChI is InChI=1S/C14H14ClFN4O4/c1-6(5-24-7-2-3-9(16)8(15)4-7)18-13(22)11-10(17)12(21)20-14(23)19-11/h2-4,6H,5,17H2,1H3,(H,18,22)(H2,19,20,21,23). The number of H-pyrrole nitrogens is 2. The highest BCUT2D eigenvalue weighted by atomic mass is 35.5. The van der Waals surface area contributed by atoms with Gasteiger partial charge in [-0.15, -0.1) is 0 Å². The highest BCUT2D eigenvalue weighted by Gasteiger charge is 2.16. The van der Waals surface area contributed by atoms with E-state index in [-0.39, 0.29) is 17.3 Å². The average Bonchev–Trinajstić information content (AvgIpc) is 2.52. The number of nitrogen functional groups attached to an aromatic ring is 1. The Balaban J connectivity index is 2.00. The molecule has 2 aromatic rings. The molecule has 0 spiro atoms. The normalized spacial score (nSPS) is 11.8. The summed E-state index contributed by atoms with van der Waals surface area (Å²) in [4.78, 5) is 38.7. The molecule has 0 radical (unpaired) electrons. The molecule has 1 atom stereocenters. The van der Waals surface area contributed by atoms with Gasteiger partial charge in [0.1, 0.15) is 29.6 Å². The van der Waals surface area contributed by atoms with E-state index < -0.39 is 34.7 Å². The summed E-state index contributed by atoms with van der Waals surface area (Å²) in [6.45, 7) is 1.67. The molecule has 0 fully saturated rings. The Labute approximate surface area is 139 Å². The summed E-state index contributed by atoms with van der Waals surface area (Å²) in [5.41, 5.74) is 3.04. The van der Waals surface area contributed by atoms with Crippen molar-refractivity contribution in [2.24, 2.45) is 0 Å². The minimum absolute atomic E-state index is 0.0427. The SMILES string of the molecule is CC(COc1ccc(F)c(Cl)c1)NC(=O)c1[nH]c(=O)[nH]c(=O)c1N. The van der Waals surface area contributed by atoms with Crippen LogP contribution in [0.2, 0.25) is 5.02 Å². The number of rotatable bonds is 5. The Morgan fingerprint density at radius 3 is 2.79 bits per heavy atom. The lowest BCUT2D eigenvalue weighted by atomic mass is 10.3. The molecule has 128 valence electrons. The lowest BCUT2D eigenvalue weighted by Gasteiger charge is -2.15. The second-order valence-electron chi connectivity index (χ2n) is 4.96. The van der Waals surface area contributed by atoms with Crippen LogP contribution in [0.25, 0.3) is 0 Å². The zero-order chi connectivity index (χ0) is 17.9. The van der Waals surface area contributed by atoms with Crippen LogP contribution in [0.3, 0.4) is 0 Å². The maximum atomic E-state index is 13.0. The number of ether oxygens (including phenoxy) is 1. The number of anilines is 1. The molecule has 0 saturated heterocycles. The van der Waals surface area contributed by atoms with Crippen LogP contribution in [0.15, 0.2) is 27.8 Å². The van der Waals surface area contributed by atoms with Crippen molar-refractivity contribution in [3.05, 3.63) is 55.6 Å². The number of carbonyl (C=O) groups excluding carboxylic acids is 1. The van der Waals surface area contributed by atoms with Gasteiger partial charge in [0.25, 0.3) is 11.5 Å². The van der Waals surface area contributed by atoms with E-state index in [0.717, 1.165) is 6.07 Å². The van der Waals surface area contributed by atoms with E-state index in [2.05, 4.69) is 10.3 Å². The van der Waals surface area contributed by atoms with Crippen molar-refractivity contribution >= 4 is 23.2 Å². The number of nitrogens with two attached hydrogens (primary N) is 1. The molecule has 1 aromatic carbocycles. The molecule has 1 amide bonds. The zero-order valence-corrected chi connectivity index (χ0v) is 13.2. The van der Waals surface area contributed by atoms with Gasteiger partial charge in [0, 0.05) is 6.07 Å². The van der Waals surface area contributed by atoms with Crippen LogP contribution in [0.4, 0.5) is 10.1 Å². The molecule has 1 aromatic heterocycles. The van der Waals surface area contributed by atoms with Gasteiger partial charge in [-0.2, -0.15) is 0 Å². The van der Waals surface area contributed by atoms with Crippen LogP contribution in [0.1, 0.15) is 17.4 Å². The van der Waals surface area contributed by atoms with Crippen LogP contribution in [0, 0.1) is 5.82 Å². The number of amides is 1. The predicted molar refractivity (Wildman–Crippen MR) is 85.9 cm³/mol. The molecule has 1 unspecified atom stereocenters. The van der Waals surface area contributed by atoms with Gasteiger partial charge in [-0.05, 0) is 19.1 Å². The van der Waals surface area contributed by atoms with E-state index in [1.807, 2.05) is 4.98 Å². The average molecular weight is 357 g/mol. The van der Waals surface area contributed by atoms with Crippen LogP contribution in [-0.4, -0.2) is 28.5 Å². The number of benzene rings is 1. The molecule has 0 aliphatic rings. The van der Waals surface area contributed by atoms with Crippen LogP contribution >= 0.6 is 11.6 Å². The first-order valence-corrected chi connectivity index (χ1v) is 7.16. The smallest absolute Gasteiger partial charge is 0.326 e. The number of halogens is 2. The third kappa shape index (κ3) is 4.13. The maximum absolute atomic E-state index is 13.0. The summed E-state index contributed by atoms with van der Waals surface area (Å²) < 4.78 is 18.4. The third-order valence-electron chi connectivity index (χ3n) is 2.98. The summed E-state index contributed by atoms with van der Waals surface area (Å²) in [5, 5.41) is 2.43. The Morgan fingerprint density at radius 1 is 1.42 bits per heavy atom. The predicted octanol–water partition coefficient (Wildman–Crippen LogP) is 0.635. The molecule has 2 rings (SSSR count). The highest BCUT2D eigenvalue weighted by Crippen LogP contribution is 2.21. The van der Waals surface area contributed by atoms with E-state index in [4.69, 9.17) is 22.1 Å². The monoisotopic (exact) mass is 356 g/mol. The second kappa shape index (κ2) is 7.18. The van der Waals surface area contributed by atoms with Gasteiger partial charge in [0.15, 0.2) is 0 Å². The number of aromatic nitrogens is 2. The first-order chi connectivity index (χ1) is 11.3. The van der Waals surface area contributed by atoms with Crippen molar-refractivity contribution in [3.63, 3.8) is 0 Å². The second-order valence-corrected chi connectivity index (χ2v) is 5.37. The summed E-state index contributed by atoms with van der Waals surface area (Å²) >= 11 is 5.64. The van der Waals surface area contributed by atoms with Crippen molar-refractivity contribution < 1.29 is 13.9 Å². The molecule has 5 N–H and O–H groups in total. The largest absolute Gasteiger partial charge is 0.491 e. The number of aromatic amines is 2. The summed E-state index contributed by atoms with van der Waals surface area (Å²) in [6.07, 6.45) is 0. The van der Waals surface area contributed by atoms with E-state index in [1.54, 1.807) is 6.92 Å². The summed E-state index contributed by atoms with van der Waals surface area (Å²) in [7, 11) is 0. The van der Waals surface area contributed by atoms with Crippen molar-refractivity contribution in [2.45, 2.75) is 13.0 Å². The van der Waals surface area contributed by atoms with Gasteiger partial charge < -0.3 is 20.8 Å². The van der Waals surface area contributed by atoms with Crippen molar-refractivity contribution in [1.82, 2.24) is 15.3 Å². The molecule has 0 aliphatic carbocycles. The van der Waals surface area contributed by atoms with Gasteiger partial charge in [-0.3, -0.25) is 14.6 Å². The number of carbonyl (C=O) groups is 1. The minimum atomic E-state index is -0.853. The Bertz CT molecular complexity index is 880. The topological polar surface area (TPSA) is 130 Å². The lowest BCUT2D eigenvalue weighted by Crippen LogP contribution is -2.40. The molecule has 0 saturated carbocycles. The Kier molecular flexibility index (Phi) is 5.24. The summed E-state index contributed by atoms with van der Waals surface area (Å²) in [6, 6.07) is 3.35. The van der Waals surface area contributed by atoms with Gasteiger partial charge in [-0.1, -0.05) is 11.6 Å². The fourth-order valence-corrected chi connectivity index (χ4v) is 1.97. The zero-order valence-electron chi connectivity index (χ0n) is 12.5. The van der Waals surface area contributed by atoms with Crippen LogP contribution < -0.4 is 27.0 Å². The van der Waals surface area contributed by atoms with Crippen LogP contribution in [-0.2, 0) is 0 Å². The maximum Gasteiger partial charge on any atom is 0.326 e. The van der Waals surface area contributed by atoms with Crippen LogP contribution in [0.5, 0.6) is 5.75 Å². The number of hydrogen-bond acceptors (Lipinski definition) is 5. The van der Waals surface area contributed by atoms with Gasteiger partial charge >= 0.3 is 5.69 Å². The quantitative estimate of drug-likeness (QED) is 0.624. The lowest BCUT2D eigenvalue weighted by molar-refractivity contribution is 0.0922. The molecule has 1 heterocycles. The van der Waals surface area contributed by atoms with E-state index in [1.165, 1.54) is 12.1 Å². The first-order valence-electron chi connectivity index (χ1n) is 6.78. The van der Waals surface area contributed by atoms with Gasteiger partial charge in [-0.25, -0.2) is 9.18 Å². The minimum Gasteiger partial charge on any atom is -0.491 e. The molecule has 24 heavy (non-hydrogen) atoms. The summed E-state index contributed by atoms with van der Waals surface area (Å²) in [5.74, 6) is -0.977. The first kappa shape index (κ1) is 17.5. The van der Waals surface area contributed by atoms with Crippen molar-refractivity contribution in [1.29, 1.82) is 0 Å². The Morgan fingerprint density at radius 2 is 2.12 bits per heavy atom. The van der Waals surface area contributed by atoms with Gasteiger partial charge in [0.2, 0.25) is 0 Å². The molecular formula is C14H14ClFN4O4. The fraction of sp³-hybridized carbons (Fsp3) is 0.214. The number of hydrogen-bond donors (Lipinski definition) is 4. The number of nitrogens with one attached hydrogen (secondary N) is 3. The van der Waals surface area contributed by atoms with Crippen molar-refractivity contribution in [2.75, 3.05) is 12.3 Å². The Hall–Kier alpha value is -2.81. The third-order valence-corrected chi connectivity index (χ3v) is 3.26. The highest BCUT2D eigenvalue weighted by molar-refractivity contribution is 6.30.